The van der Waals surface area contributed by atoms with Gasteiger partial charge in [-0.05, 0) is 36.1 Å². The predicted molar refractivity (Wildman–Crippen MR) is 63.3 cm³/mol. The van der Waals surface area contributed by atoms with E-state index in [1.807, 2.05) is 6.07 Å². The van der Waals surface area contributed by atoms with Gasteiger partial charge in [0.2, 0.25) is 0 Å². The van der Waals surface area contributed by atoms with Crippen LogP contribution in [0.1, 0.15) is 25.0 Å². The van der Waals surface area contributed by atoms with Crippen LogP contribution in [0.3, 0.4) is 0 Å². The molecule has 0 bridgehead atoms. The SMILES string of the molecule is CCc1cc2[nH]ccc(=O)c2cc1CC. The van der Waals surface area contributed by atoms with E-state index < -0.39 is 0 Å². The molecular formula is C13H15NO. The number of aromatic amines is 1. The summed E-state index contributed by atoms with van der Waals surface area (Å²) in [5.74, 6) is 0. The molecule has 78 valence electrons. The smallest absolute Gasteiger partial charge is 0.189 e. The highest BCUT2D eigenvalue weighted by Crippen LogP contribution is 2.17. The van der Waals surface area contributed by atoms with Crippen LogP contribution in [0.5, 0.6) is 0 Å². The molecule has 1 heterocycles. The van der Waals surface area contributed by atoms with Crippen molar-refractivity contribution < 1.29 is 0 Å². The van der Waals surface area contributed by atoms with Crippen LogP contribution in [0.4, 0.5) is 0 Å². The van der Waals surface area contributed by atoms with E-state index >= 15 is 0 Å². The van der Waals surface area contributed by atoms with Crippen LogP contribution < -0.4 is 5.43 Å². The topological polar surface area (TPSA) is 32.9 Å². The minimum atomic E-state index is 0.0982. The molecule has 2 rings (SSSR count). The molecule has 0 radical (unpaired) electrons. The normalized spacial score (nSPS) is 10.8. The first-order valence-corrected chi connectivity index (χ1v) is 5.39. The molecule has 0 aliphatic rings. The first-order chi connectivity index (χ1) is 7.26. The molecular weight excluding hydrogens is 186 g/mol. The van der Waals surface area contributed by atoms with Gasteiger partial charge in [-0.3, -0.25) is 4.79 Å². The van der Waals surface area contributed by atoms with E-state index in [0.717, 1.165) is 23.7 Å². The van der Waals surface area contributed by atoms with Crippen LogP contribution in [0.25, 0.3) is 10.9 Å². The molecule has 2 heteroatoms. The Balaban J connectivity index is 2.81. The lowest BCUT2D eigenvalue weighted by Gasteiger charge is -2.07. The lowest BCUT2D eigenvalue weighted by molar-refractivity contribution is 1.04. The van der Waals surface area contributed by atoms with Crippen molar-refractivity contribution in [3.05, 3.63) is 45.7 Å². The molecule has 0 fully saturated rings. The molecule has 0 saturated heterocycles. The van der Waals surface area contributed by atoms with Crippen molar-refractivity contribution in [1.82, 2.24) is 4.98 Å². The molecule has 0 atom stereocenters. The third kappa shape index (κ3) is 1.67. The zero-order valence-corrected chi connectivity index (χ0v) is 9.13. The Morgan fingerprint density at radius 2 is 1.80 bits per heavy atom. The van der Waals surface area contributed by atoms with Gasteiger partial charge in [0.25, 0.3) is 0 Å². The Morgan fingerprint density at radius 3 is 2.47 bits per heavy atom. The fourth-order valence-electron chi connectivity index (χ4n) is 1.97. The first-order valence-electron chi connectivity index (χ1n) is 5.39. The Labute approximate surface area is 89.0 Å². The van der Waals surface area contributed by atoms with Crippen LogP contribution in [0.15, 0.2) is 29.2 Å². The second-order valence-corrected chi connectivity index (χ2v) is 3.72. The summed E-state index contributed by atoms with van der Waals surface area (Å²) in [6.45, 7) is 4.26. The summed E-state index contributed by atoms with van der Waals surface area (Å²) in [7, 11) is 0. The molecule has 1 aromatic heterocycles. The Kier molecular flexibility index (Phi) is 2.58. The summed E-state index contributed by atoms with van der Waals surface area (Å²) in [6.07, 6.45) is 3.69. The molecule has 15 heavy (non-hydrogen) atoms. The monoisotopic (exact) mass is 201 g/mol. The van der Waals surface area contributed by atoms with Gasteiger partial charge in [0.1, 0.15) is 0 Å². The quantitative estimate of drug-likeness (QED) is 0.796. The molecule has 0 spiro atoms. The molecule has 1 aromatic carbocycles. The van der Waals surface area contributed by atoms with Crippen molar-refractivity contribution in [3.8, 4) is 0 Å². The van der Waals surface area contributed by atoms with Gasteiger partial charge in [0.05, 0.1) is 0 Å². The van der Waals surface area contributed by atoms with Crippen LogP contribution in [-0.2, 0) is 12.8 Å². The summed E-state index contributed by atoms with van der Waals surface area (Å²) in [6, 6.07) is 5.69. The minimum absolute atomic E-state index is 0.0982. The third-order valence-corrected chi connectivity index (χ3v) is 2.84. The highest BCUT2D eigenvalue weighted by Gasteiger charge is 2.04. The zero-order chi connectivity index (χ0) is 10.8. The number of benzene rings is 1. The summed E-state index contributed by atoms with van der Waals surface area (Å²) in [4.78, 5) is 14.7. The van der Waals surface area contributed by atoms with Crippen LogP contribution in [-0.4, -0.2) is 4.98 Å². The number of hydrogen-bond donors (Lipinski definition) is 1. The average Bonchev–Trinajstić information content (AvgIpc) is 2.28. The van der Waals surface area contributed by atoms with Crippen molar-refractivity contribution in [3.63, 3.8) is 0 Å². The largest absolute Gasteiger partial charge is 0.361 e. The lowest BCUT2D eigenvalue weighted by Crippen LogP contribution is -2.02. The number of H-pyrrole nitrogens is 1. The fraction of sp³-hybridized carbons (Fsp3) is 0.308. The van der Waals surface area contributed by atoms with Gasteiger partial charge in [-0.1, -0.05) is 13.8 Å². The fourth-order valence-corrected chi connectivity index (χ4v) is 1.97. The summed E-state index contributed by atoms with van der Waals surface area (Å²) in [5.41, 5.74) is 3.64. The van der Waals surface area contributed by atoms with Gasteiger partial charge in [0.15, 0.2) is 5.43 Å². The number of rotatable bonds is 2. The molecule has 2 nitrogen and oxygen atoms in total. The maximum atomic E-state index is 11.6. The van der Waals surface area contributed by atoms with Gasteiger partial charge in [-0.15, -0.1) is 0 Å². The van der Waals surface area contributed by atoms with Gasteiger partial charge < -0.3 is 4.98 Å². The van der Waals surface area contributed by atoms with E-state index in [1.165, 1.54) is 11.1 Å². The second-order valence-electron chi connectivity index (χ2n) is 3.72. The maximum absolute atomic E-state index is 11.6. The first kappa shape index (κ1) is 9.97. The third-order valence-electron chi connectivity index (χ3n) is 2.84. The highest BCUT2D eigenvalue weighted by molar-refractivity contribution is 5.80. The number of hydrogen-bond acceptors (Lipinski definition) is 1. The Hall–Kier alpha value is -1.57. The van der Waals surface area contributed by atoms with Crippen LogP contribution >= 0.6 is 0 Å². The number of aromatic nitrogens is 1. The van der Waals surface area contributed by atoms with Gasteiger partial charge in [-0.2, -0.15) is 0 Å². The molecule has 0 aliphatic heterocycles. The van der Waals surface area contributed by atoms with Crippen molar-refractivity contribution in [1.29, 1.82) is 0 Å². The van der Waals surface area contributed by atoms with E-state index in [-0.39, 0.29) is 5.43 Å². The molecule has 0 amide bonds. The predicted octanol–water partition coefficient (Wildman–Crippen LogP) is 2.65. The van der Waals surface area contributed by atoms with E-state index in [2.05, 4.69) is 24.9 Å². The second kappa shape index (κ2) is 3.89. The summed E-state index contributed by atoms with van der Waals surface area (Å²) >= 11 is 0. The van der Waals surface area contributed by atoms with E-state index in [0.29, 0.717) is 0 Å². The summed E-state index contributed by atoms with van der Waals surface area (Å²) in [5, 5.41) is 0.798. The zero-order valence-electron chi connectivity index (χ0n) is 9.13. The van der Waals surface area contributed by atoms with Gasteiger partial charge in [-0.25, -0.2) is 0 Å². The average molecular weight is 201 g/mol. The number of pyridine rings is 1. The van der Waals surface area contributed by atoms with Crippen LogP contribution in [0.2, 0.25) is 0 Å². The molecule has 1 N–H and O–H groups in total. The van der Waals surface area contributed by atoms with Crippen molar-refractivity contribution in [2.45, 2.75) is 26.7 Å². The molecule has 0 aliphatic carbocycles. The Morgan fingerprint density at radius 1 is 1.13 bits per heavy atom. The maximum Gasteiger partial charge on any atom is 0.189 e. The van der Waals surface area contributed by atoms with Crippen molar-refractivity contribution >= 4 is 10.9 Å². The van der Waals surface area contributed by atoms with Gasteiger partial charge >= 0.3 is 0 Å². The lowest BCUT2D eigenvalue weighted by atomic mass is 10.00. The van der Waals surface area contributed by atoms with Gasteiger partial charge in [0, 0.05) is 23.2 Å². The van der Waals surface area contributed by atoms with Crippen molar-refractivity contribution in [2.75, 3.05) is 0 Å². The van der Waals surface area contributed by atoms with Crippen molar-refractivity contribution in [2.24, 2.45) is 0 Å². The van der Waals surface area contributed by atoms with E-state index in [9.17, 15) is 4.79 Å². The molecule has 0 saturated carbocycles. The standard InChI is InChI=1S/C13H15NO/c1-3-9-7-11-12(8-10(9)4-2)14-6-5-13(11)15/h5-8H,3-4H2,1-2H3,(H,14,15). The van der Waals surface area contributed by atoms with E-state index in [4.69, 9.17) is 0 Å². The molecule has 2 aromatic rings. The summed E-state index contributed by atoms with van der Waals surface area (Å²) < 4.78 is 0. The highest BCUT2D eigenvalue weighted by atomic mass is 16.1. The number of nitrogens with one attached hydrogen (secondary N) is 1. The molecule has 0 unspecified atom stereocenters. The number of fused-ring (bicyclic) bond motifs is 1. The number of aryl methyl sites for hydroxylation is 2. The minimum Gasteiger partial charge on any atom is -0.361 e. The van der Waals surface area contributed by atoms with Crippen LogP contribution in [0, 0.1) is 0 Å². The van der Waals surface area contributed by atoms with E-state index in [1.54, 1.807) is 12.3 Å². The Bertz CT molecular complexity index is 540.